The fourth-order valence-electron chi connectivity index (χ4n) is 7.05. The molecule has 1 spiro atoms. The highest BCUT2D eigenvalue weighted by atomic mass is 19.4. The Morgan fingerprint density at radius 2 is 1.90 bits per heavy atom. The van der Waals surface area contributed by atoms with E-state index >= 15 is 0 Å². The van der Waals surface area contributed by atoms with E-state index in [-0.39, 0.29) is 40.5 Å². The van der Waals surface area contributed by atoms with Crippen LogP contribution < -0.4 is 27.0 Å². The number of aliphatic imine (C=N–C) groups is 1. The molecular weight excluding hydrogens is 639 g/mol. The number of guanidine groups is 1. The lowest BCUT2D eigenvalue weighted by atomic mass is 9.76. The summed E-state index contributed by atoms with van der Waals surface area (Å²) in [6.45, 7) is 11.7. The van der Waals surface area contributed by atoms with Crippen molar-refractivity contribution in [3.63, 3.8) is 0 Å². The molecule has 0 aromatic heterocycles. The van der Waals surface area contributed by atoms with Crippen LogP contribution in [0, 0.1) is 5.41 Å². The van der Waals surface area contributed by atoms with Crippen LogP contribution in [0.15, 0.2) is 71.4 Å². The predicted octanol–water partition coefficient (Wildman–Crippen LogP) is 4.23. The van der Waals surface area contributed by atoms with Crippen molar-refractivity contribution >= 4 is 17.6 Å². The van der Waals surface area contributed by atoms with Crippen molar-refractivity contribution in [1.82, 2.24) is 15.5 Å². The van der Waals surface area contributed by atoms with E-state index in [9.17, 15) is 23.1 Å². The van der Waals surface area contributed by atoms with Crippen LogP contribution >= 0.6 is 0 Å². The number of aliphatic carboxylic acids is 1. The molecule has 5 rings (SSSR count). The molecule has 3 fully saturated rings. The van der Waals surface area contributed by atoms with E-state index in [0.29, 0.717) is 77.2 Å². The maximum absolute atomic E-state index is 14.9. The highest BCUT2D eigenvalue weighted by molar-refractivity contribution is 5.77. The van der Waals surface area contributed by atoms with Gasteiger partial charge in [0.2, 0.25) is 6.10 Å². The van der Waals surface area contributed by atoms with Gasteiger partial charge in [0, 0.05) is 69.1 Å². The predicted molar refractivity (Wildman–Crippen MR) is 183 cm³/mol. The lowest BCUT2D eigenvalue weighted by Crippen LogP contribution is -2.44. The van der Waals surface area contributed by atoms with Crippen molar-refractivity contribution in [2.24, 2.45) is 21.9 Å². The first-order valence-electron chi connectivity index (χ1n) is 16.8. The summed E-state index contributed by atoms with van der Waals surface area (Å²) in [6, 6.07) is 4.50. The van der Waals surface area contributed by atoms with Crippen LogP contribution in [-0.2, 0) is 14.3 Å². The molecule has 3 atom stereocenters. The van der Waals surface area contributed by atoms with E-state index in [1.807, 2.05) is 47.9 Å². The number of alkyl halides is 3. The number of nitrogens with zero attached hydrogens (tertiary/aromatic N) is 3. The molecular formula is C35H48F3N7O4. The fourth-order valence-corrected chi connectivity index (χ4v) is 7.05. The molecule has 1 aromatic rings. The summed E-state index contributed by atoms with van der Waals surface area (Å²) in [5.74, 6) is -0.377. The number of benzene rings is 1. The molecule has 3 heterocycles. The van der Waals surface area contributed by atoms with E-state index in [1.54, 1.807) is 6.07 Å². The van der Waals surface area contributed by atoms with Gasteiger partial charge in [-0.05, 0) is 68.7 Å². The van der Waals surface area contributed by atoms with Gasteiger partial charge >= 0.3 is 12.1 Å². The summed E-state index contributed by atoms with van der Waals surface area (Å²) in [6.07, 6.45) is 2.77. The van der Waals surface area contributed by atoms with Gasteiger partial charge in [0.05, 0.1) is 6.10 Å². The zero-order valence-corrected chi connectivity index (χ0v) is 28.1. The minimum atomic E-state index is -4.76. The Kier molecular flexibility index (Phi) is 11.2. The lowest BCUT2D eigenvalue weighted by Gasteiger charge is -2.40. The number of halogens is 3. The van der Waals surface area contributed by atoms with Crippen LogP contribution in [0.1, 0.15) is 62.7 Å². The summed E-state index contributed by atoms with van der Waals surface area (Å²) in [4.78, 5) is 19.5. The average molecular weight is 688 g/mol. The van der Waals surface area contributed by atoms with Crippen molar-refractivity contribution in [1.29, 1.82) is 0 Å². The number of likely N-dealkylation sites (tertiary alicyclic amines) is 1. The quantitative estimate of drug-likeness (QED) is 0.0991. The van der Waals surface area contributed by atoms with Gasteiger partial charge in [0.1, 0.15) is 23.4 Å². The number of allylic oxidation sites excluding steroid dienone is 4. The van der Waals surface area contributed by atoms with Gasteiger partial charge in [-0.3, -0.25) is 4.79 Å². The van der Waals surface area contributed by atoms with Gasteiger partial charge in [-0.15, -0.1) is 0 Å². The maximum atomic E-state index is 14.9. The molecule has 0 bridgehead atoms. The Labute approximate surface area is 285 Å². The highest BCUT2D eigenvalue weighted by Gasteiger charge is 2.46. The smallest absolute Gasteiger partial charge is 0.429 e. The molecule has 1 aliphatic carbocycles. The molecule has 268 valence electrons. The third-order valence-electron chi connectivity index (χ3n) is 9.57. The number of nitrogens with two attached hydrogens (primary N) is 2. The van der Waals surface area contributed by atoms with Crippen LogP contribution in [0.2, 0.25) is 0 Å². The third kappa shape index (κ3) is 9.09. The number of rotatable bonds is 11. The summed E-state index contributed by atoms with van der Waals surface area (Å²) >= 11 is 0. The first-order chi connectivity index (χ1) is 23.2. The van der Waals surface area contributed by atoms with Gasteiger partial charge in [0.25, 0.3) is 0 Å². The van der Waals surface area contributed by atoms with E-state index in [2.05, 4.69) is 22.2 Å². The van der Waals surface area contributed by atoms with Crippen molar-refractivity contribution in [2.45, 2.75) is 69.9 Å². The van der Waals surface area contributed by atoms with Gasteiger partial charge < -0.3 is 46.5 Å². The van der Waals surface area contributed by atoms with E-state index in [0.717, 1.165) is 11.3 Å². The summed E-state index contributed by atoms with van der Waals surface area (Å²) < 4.78 is 56.2. The van der Waals surface area contributed by atoms with Gasteiger partial charge in [-0.2, -0.15) is 18.2 Å². The normalized spacial score (nSPS) is 23.3. The lowest BCUT2D eigenvalue weighted by molar-refractivity contribution is -0.211. The van der Waals surface area contributed by atoms with Crippen molar-refractivity contribution in [3.05, 3.63) is 77.5 Å². The maximum Gasteiger partial charge on any atom is 0.429 e. The van der Waals surface area contributed by atoms with Gasteiger partial charge in [0.15, 0.2) is 5.96 Å². The molecule has 4 aliphatic rings. The Hall–Kier alpha value is -4.17. The zero-order chi connectivity index (χ0) is 35.3. The van der Waals surface area contributed by atoms with Crippen LogP contribution in [0.3, 0.4) is 0 Å². The summed E-state index contributed by atoms with van der Waals surface area (Å²) in [5.41, 5.74) is 12.6. The molecule has 11 nitrogen and oxygen atoms in total. The third-order valence-corrected chi connectivity index (χ3v) is 9.57. The Morgan fingerprint density at radius 1 is 1.18 bits per heavy atom. The van der Waals surface area contributed by atoms with E-state index < -0.39 is 24.3 Å². The van der Waals surface area contributed by atoms with Crippen LogP contribution in [0.4, 0.5) is 18.9 Å². The zero-order valence-electron chi connectivity index (χ0n) is 28.1. The number of carboxylic acid groups (broad SMARTS) is 1. The number of hydrogen-bond acceptors (Lipinski definition) is 8. The number of hydrogen-bond donors (Lipinski definition) is 5. The number of carboxylic acids is 1. The monoisotopic (exact) mass is 687 g/mol. The fraction of sp³-hybridized carbons (Fsp3) is 0.543. The van der Waals surface area contributed by atoms with Gasteiger partial charge in [-0.1, -0.05) is 24.8 Å². The second-order valence-corrected chi connectivity index (χ2v) is 13.5. The van der Waals surface area contributed by atoms with Crippen LogP contribution in [0.25, 0.3) is 0 Å². The number of ether oxygens (including phenoxy) is 2. The first-order valence-corrected chi connectivity index (χ1v) is 16.8. The summed E-state index contributed by atoms with van der Waals surface area (Å²) in [7, 11) is 0. The molecule has 7 N–H and O–H groups in total. The molecule has 1 aromatic carbocycles. The Bertz CT molecular complexity index is 1490. The molecule has 0 radical (unpaired) electrons. The number of piperazine rings is 1. The van der Waals surface area contributed by atoms with Crippen molar-refractivity contribution in [2.75, 3.05) is 50.7 Å². The van der Waals surface area contributed by atoms with Crippen LogP contribution in [-0.4, -0.2) is 86.1 Å². The summed E-state index contributed by atoms with van der Waals surface area (Å²) in [5, 5.41) is 15.8. The minimum absolute atomic E-state index is 0.00289. The highest BCUT2D eigenvalue weighted by Crippen LogP contribution is 2.44. The number of anilines is 1. The van der Waals surface area contributed by atoms with Gasteiger partial charge in [-0.25, -0.2) is 0 Å². The Balaban J connectivity index is 1.38. The largest absolute Gasteiger partial charge is 0.491 e. The second-order valence-electron chi connectivity index (χ2n) is 13.5. The number of nitrogens with one attached hydrogen (secondary N) is 2. The minimum Gasteiger partial charge on any atom is -0.491 e. The second kappa shape index (κ2) is 15.2. The molecule has 49 heavy (non-hydrogen) atoms. The SMILES string of the molecule is C=C(/C=C(\N=C(N)N)N1CCC2(CC1)CN[C@H](C(=O)O)C2)O[C@H](c1ccc(C2C=CC(OC(C)C)=CC2)cc1N1CCNCC1)C(F)(F)F. The standard InChI is InChI=1S/C35H48F3N7O4/c1-22(2)48-26-7-4-24(5-8-26)25-6-9-27(29(19-25)44-16-12-41-13-17-44)31(35(36,37)38)49-23(3)18-30(43-33(39)40)45-14-10-34(11-15-45)20-28(32(46)47)42-21-34/h4,6-9,18-19,22,24,28,31,41-42H,3,5,10-17,20-21H2,1-2H3,(H,46,47)(H4,39,40,43)/b30-18+/t24?,28-,31+/m0/s1. The van der Waals surface area contributed by atoms with Crippen molar-refractivity contribution < 1.29 is 32.5 Å². The van der Waals surface area contributed by atoms with Crippen molar-refractivity contribution in [3.8, 4) is 0 Å². The number of carbonyl (C=O) groups is 1. The Morgan fingerprint density at radius 3 is 2.47 bits per heavy atom. The molecule has 0 saturated carbocycles. The van der Waals surface area contributed by atoms with E-state index in [4.69, 9.17) is 20.9 Å². The molecule has 0 amide bonds. The number of piperidine rings is 1. The molecule has 14 heteroatoms. The molecule has 3 aliphatic heterocycles. The molecule has 1 unspecified atom stereocenters. The topological polar surface area (TPSA) is 151 Å². The van der Waals surface area contributed by atoms with Crippen LogP contribution in [0.5, 0.6) is 0 Å². The average Bonchev–Trinajstić information content (AvgIpc) is 3.47. The van der Waals surface area contributed by atoms with E-state index in [1.165, 1.54) is 12.1 Å². The first kappa shape index (κ1) is 36.1. The molecule has 3 saturated heterocycles.